The highest BCUT2D eigenvalue weighted by Gasteiger charge is 2.17. The van der Waals surface area contributed by atoms with E-state index >= 15 is 0 Å². The number of carbonyl (C=O) groups excluding carboxylic acids is 1. The van der Waals surface area contributed by atoms with Crippen molar-refractivity contribution in [2.75, 3.05) is 11.9 Å². The van der Waals surface area contributed by atoms with Gasteiger partial charge in [0.15, 0.2) is 0 Å². The van der Waals surface area contributed by atoms with Crippen LogP contribution < -0.4 is 10.1 Å². The first-order chi connectivity index (χ1) is 14.9. The van der Waals surface area contributed by atoms with E-state index in [2.05, 4.69) is 17.3 Å². The third kappa shape index (κ3) is 4.18. The first-order valence-corrected chi connectivity index (χ1v) is 11.2. The second kappa shape index (κ2) is 8.51. The molecule has 0 radical (unpaired) electrons. The zero-order valence-electron chi connectivity index (χ0n) is 18.4. The Morgan fingerprint density at radius 1 is 1.13 bits per heavy atom. The van der Waals surface area contributed by atoms with E-state index in [0.717, 1.165) is 55.7 Å². The van der Waals surface area contributed by atoms with Gasteiger partial charge in [-0.05, 0) is 81.6 Å². The molecule has 7 heteroatoms. The predicted molar refractivity (Wildman–Crippen MR) is 126 cm³/mol. The Bertz CT molecular complexity index is 1260. The van der Waals surface area contributed by atoms with Crippen LogP contribution in [0.2, 0.25) is 0 Å². The molecule has 0 spiro atoms. The average Bonchev–Trinajstić information content (AvgIpc) is 3.32. The minimum Gasteiger partial charge on any atom is -0.494 e. The summed E-state index contributed by atoms with van der Waals surface area (Å²) in [5.74, 6) is 0.629. The lowest BCUT2D eigenvalue weighted by atomic mass is 10.1. The normalized spacial score (nSPS) is 11.1. The Morgan fingerprint density at radius 2 is 1.87 bits per heavy atom. The molecule has 1 amide bonds. The molecule has 4 rings (SSSR count). The van der Waals surface area contributed by atoms with Crippen LogP contribution in [0.15, 0.2) is 36.4 Å². The Morgan fingerprint density at radius 3 is 2.52 bits per heavy atom. The maximum absolute atomic E-state index is 12.9. The summed E-state index contributed by atoms with van der Waals surface area (Å²) in [4.78, 5) is 17.7. The van der Waals surface area contributed by atoms with Gasteiger partial charge in [-0.1, -0.05) is 18.3 Å². The number of aromatic nitrogens is 3. The van der Waals surface area contributed by atoms with Crippen molar-refractivity contribution in [3.05, 3.63) is 64.5 Å². The molecule has 0 saturated heterocycles. The van der Waals surface area contributed by atoms with E-state index in [4.69, 9.17) is 9.72 Å². The lowest BCUT2D eigenvalue weighted by Crippen LogP contribution is -2.13. The number of fused-ring (bicyclic) bond motifs is 1. The molecule has 2 heterocycles. The number of amides is 1. The van der Waals surface area contributed by atoms with Gasteiger partial charge < -0.3 is 10.1 Å². The molecule has 0 bridgehead atoms. The van der Waals surface area contributed by atoms with E-state index < -0.39 is 0 Å². The lowest BCUT2D eigenvalue weighted by Gasteiger charge is -2.13. The van der Waals surface area contributed by atoms with Gasteiger partial charge in [-0.3, -0.25) is 4.79 Å². The summed E-state index contributed by atoms with van der Waals surface area (Å²) in [7, 11) is 0. The van der Waals surface area contributed by atoms with Gasteiger partial charge in [0.1, 0.15) is 5.75 Å². The molecule has 0 unspecified atom stereocenters. The number of benzene rings is 2. The van der Waals surface area contributed by atoms with Crippen LogP contribution in [0.4, 0.5) is 5.69 Å². The van der Waals surface area contributed by atoms with Crippen LogP contribution in [0, 0.1) is 27.7 Å². The molecule has 0 aliphatic rings. The van der Waals surface area contributed by atoms with Gasteiger partial charge in [0.25, 0.3) is 5.91 Å². The number of aryl methyl sites for hydroxylation is 4. The third-order valence-corrected chi connectivity index (χ3v) is 6.29. The number of ether oxygens (including phenoxy) is 1. The molecular formula is C24H26N4O2S. The number of anilines is 1. The van der Waals surface area contributed by atoms with Crippen molar-refractivity contribution < 1.29 is 9.53 Å². The van der Waals surface area contributed by atoms with Crippen molar-refractivity contribution in [3.63, 3.8) is 0 Å². The van der Waals surface area contributed by atoms with E-state index in [1.807, 2.05) is 56.6 Å². The fourth-order valence-electron chi connectivity index (χ4n) is 3.59. The third-order valence-electron chi connectivity index (χ3n) is 5.12. The SMILES string of the molecule is CCCOc1ccc(C(=O)Nc2c(C)cc3nc(-n4nc(C)cc4C)sc3c2C)cc1. The smallest absolute Gasteiger partial charge is 0.255 e. The van der Waals surface area contributed by atoms with Crippen LogP contribution in [0.25, 0.3) is 15.3 Å². The van der Waals surface area contributed by atoms with Crippen LogP contribution in [-0.4, -0.2) is 27.3 Å². The number of hydrogen-bond acceptors (Lipinski definition) is 5. The van der Waals surface area contributed by atoms with Gasteiger partial charge in [-0.25, -0.2) is 9.67 Å². The predicted octanol–water partition coefficient (Wildman–Crippen LogP) is 5.76. The van der Waals surface area contributed by atoms with Crippen LogP contribution in [0.3, 0.4) is 0 Å². The molecule has 0 fully saturated rings. The lowest BCUT2D eigenvalue weighted by molar-refractivity contribution is 0.102. The Labute approximate surface area is 185 Å². The molecule has 160 valence electrons. The van der Waals surface area contributed by atoms with Crippen molar-refractivity contribution in [2.24, 2.45) is 0 Å². The molecule has 31 heavy (non-hydrogen) atoms. The van der Waals surface area contributed by atoms with Gasteiger partial charge in [-0.15, -0.1) is 0 Å². The van der Waals surface area contributed by atoms with Gasteiger partial charge in [0.2, 0.25) is 5.13 Å². The van der Waals surface area contributed by atoms with Crippen LogP contribution in [0.5, 0.6) is 5.75 Å². The highest BCUT2D eigenvalue weighted by molar-refractivity contribution is 7.21. The van der Waals surface area contributed by atoms with Crippen LogP contribution >= 0.6 is 11.3 Å². The van der Waals surface area contributed by atoms with Gasteiger partial charge in [0.05, 0.1) is 22.5 Å². The molecule has 0 atom stereocenters. The minimum atomic E-state index is -0.143. The fraction of sp³-hybridized carbons (Fsp3) is 0.292. The van der Waals surface area contributed by atoms with Crippen molar-refractivity contribution >= 4 is 33.1 Å². The first kappa shape index (κ1) is 21.1. The Balaban J connectivity index is 1.63. The van der Waals surface area contributed by atoms with Crippen molar-refractivity contribution in [2.45, 2.75) is 41.0 Å². The highest BCUT2D eigenvalue weighted by Crippen LogP contribution is 2.35. The summed E-state index contributed by atoms with van der Waals surface area (Å²) >= 11 is 1.58. The van der Waals surface area contributed by atoms with Crippen molar-refractivity contribution in [1.29, 1.82) is 0 Å². The Hall–Kier alpha value is -3.19. The monoisotopic (exact) mass is 434 g/mol. The van der Waals surface area contributed by atoms with E-state index in [9.17, 15) is 4.79 Å². The van der Waals surface area contributed by atoms with Crippen molar-refractivity contribution in [3.8, 4) is 10.9 Å². The summed E-state index contributed by atoms with van der Waals surface area (Å²) in [6.45, 7) is 10.7. The largest absolute Gasteiger partial charge is 0.494 e. The molecule has 2 aromatic carbocycles. The molecule has 1 N–H and O–H groups in total. The second-order valence-corrected chi connectivity index (χ2v) is 8.68. The molecule has 0 aliphatic heterocycles. The summed E-state index contributed by atoms with van der Waals surface area (Å²) in [6.07, 6.45) is 0.947. The summed E-state index contributed by atoms with van der Waals surface area (Å²) < 4.78 is 8.52. The highest BCUT2D eigenvalue weighted by atomic mass is 32.1. The molecule has 2 aromatic heterocycles. The second-order valence-electron chi connectivity index (χ2n) is 7.70. The topological polar surface area (TPSA) is 69.0 Å². The van der Waals surface area contributed by atoms with E-state index in [1.165, 1.54) is 0 Å². The van der Waals surface area contributed by atoms with E-state index in [1.54, 1.807) is 23.5 Å². The zero-order chi connectivity index (χ0) is 22.1. The average molecular weight is 435 g/mol. The maximum Gasteiger partial charge on any atom is 0.255 e. The minimum absolute atomic E-state index is 0.143. The van der Waals surface area contributed by atoms with Gasteiger partial charge in [0, 0.05) is 16.9 Å². The van der Waals surface area contributed by atoms with Gasteiger partial charge in [-0.2, -0.15) is 5.10 Å². The summed E-state index contributed by atoms with van der Waals surface area (Å²) in [5, 5.41) is 8.47. The molecule has 6 nitrogen and oxygen atoms in total. The standard InChI is InChI=1S/C24H26N4O2S/c1-6-11-30-19-9-7-18(8-10-19)23(29)26-21-14(2)12-20-22(17(21)5)31-24(25-20)28-16(4)13-15(3)27-28/h7-10,12-13H,6,11H2,1-5H3,(H,26,29). The fourth-order valence-corrected chi connectivity index (χ4v) is 4.65. The van der Waals surface area contributed by atoms with Crippen molar-refractivity contribution in [1.82, 2.24) is 14.8 Å². The van der Waals surface area contributed by atoms with E-state index in [-0.39, 0.29) is 5.91 Å². The molecule has 0 aliphatic carbocycles. The number of rotatable bonds is 6. The number of carbonyl (C=O) groups is 1. The summed E-state index contributed by atoms with van der Waals surface area (Å²) in [6, 6.07) is 11.3. The quantitative estimate of drug-likeness (QED) is 0.419. The van der Waals surface area contributed by atoms with Crippen LogP contribution in [0.1, 0.15) is 46.2 Å². The molecular weight excluding hydrogens is 408 g/mol. The number of nitrogens with one attached hydrogen (secondary N) is 1. The number of hydrogen-bond donors (Lipinski definition) is 1. The molecule has 0 saturated carbocycles. The first-order valence-electron chi connectivity index (χ1n) is 10.4. The number of nitrogens with zero attached hydrogens (tertiary/aromatic N) is 3. The van der Waals surface area contributed by atoms with E-state index in [0.29, 0.717) is 12.2 Å². The van der Waals surface area contributed by atoms with Gasteiger partial charge >= 0.3 is 0 Å². The Kier molecular flexibility index (Phi) is 5.78. The number of thiazole rings is 1. The summed E-state index contributed by atoms with van der Waals surface area (Å²) in [5.41, 5.74) is 6.33. The maximum atomic E-state index is 12.9. The molecule has 4 aromatic rings. The van der Waals surface area contributed by atoms with Crippen LogP contribution in [-0.2, 0) is 0 Å². The zero-order valence-corrected chi connectivity index (χ0v) is 19.3.